The Balaban J connectivity index is 2.44. The first-order valence-corrected chi connectivity index (χ1v) is 17.1. The molecule has 0 saturated carbocycles. The van der Waals surface area contributed by atoms with Gasteiger partial charge in [0.05, 0.1) is 0 Å². The maximum absolute atomic E-state index is 5.39. The minimum absolute atomic E-state index is 0.101. The molecular weight excluding hydrogens is 485 g/mol. The van der Waals surface area contributed by atoms with Crippen molar-refractivity contribution < 1.29 is 4.74 Å². The van der Waals surface area contributed by atoms with Gasteiger partial charge in [-0.3, -0.25) is 0 Å². The summed E-state index contributed by atoms with van der Waals surface area (Å²) in [4.78, 5) is 5.23. The van der Waals surface area contributed by atoms with Crippen LogP contribution in [0.15, 0.2) is 64.4 Å². The van der Waals surface area contributed by atoms with Crippen LogP contribution in [0.4, 0.5) is 0 Å². The van der Waals surface area contributed by atoms with Crippen LogP contribution in [-0.4, -0.2) is 20.4 Å². The summed E-state index contributed by atoms with van der Waals surface area (Å²) in [6.45, 7) is 20.5. The summed E-state index contributed by atoms with van der Waals surface area (Å²) in [5.41, 5.74) is 9.57. The van der Waals surface area contributed by atoms with Crippen LogP contribution >= 0.6 is 0 Å². The van der Waals surface area contributed by atoms with Gasteiger partial charge in [-0.1, -0.05) is 0 Å². The van der Waals surface area contributed by atoms with Gasteiger partial charge in [0.15, 0.2) is 0 Å². The average molecular weight is 527 g/mol. The molecule has 0 aromatic heterocycles. The molecule has 0 heterocycles. The molecule has 35 heavy (non-hydrogen) atoms. The fourth-order valence-electron chi connectivity index (χ4n) is 5.50. The monoisotopic (exact) mass is 528 g/mol. The van der Waals surface area contributed by atoms with E-state index in [1.807, 2.05) is 12.1 Å². The number of allylic oxidation sites excluding steroid dienone is 1. The second-order valence-electron chi connectivity index (χ2n) is 11.2. The summed E-state index contributed by atoms with van der Waals surface area (Å²) in [5.74, 6) is 0.887. The number of ether oxygens (including phenoxy) is 1. The topological polar surface area (TPSA) is 9.23 Å². The summed E-state index contributed by atoms with van der Waals surface area (Å²) < 4.78 is 8.49. The fourth-order valence-corrected chi connectivity index (χ4v) is 16.3. The van der Waals surface area contributed by atoms with Gasteiger partial charge in [-0.2, -0.15) is 0 Å². The zero-order valence-electron chi connectivity index (χ0n) is 23.3. The predicted molar refractivity (Wildman–Crippen MR) is 157 cm³/mol. The van der Waals surface area contributed by atoms with Crippen LogP contribution in [0.1, 0.15) is 59.7 Å². The predicted octanol–water partition coefficient (Wildman–Crippen LogP) is 7.50. The number of hydrogen-bond acceptors (Lipinski definition) is 1. The molecule has 0 amide bonds. The van der Waals surface area contributed by atoms with E-state index in [4.69, 9.17) is 4.74 Å². The maximum atomic E-state index is 5.39. The Kier molecular flexibility index (Phi) is 8.22. The van der Waals surface area contributed by atoms with Crippen LogP contribution in [0.5, 0.6) is 5.75 Å². The van der Waals surface area contributed by atoms with E-state index in [2.05, 4.69) is 121 Å². The van der Waals surface area contributed by atoms with Gasteiger partial charge in [-0.25, -0.2) is 0 Å². The Morgan fingerprint density at radius 2 is 1.09 bits per heavy atom. The SMILES string of the molecule is COc1ccc(/C=[CH]/[Ge](/[CH]=C/C(C)(C)C)([c]2c(C)cc(C)cc2C)[c]2c(C)cc(C)cc2C)cc1. The van der Waals surface area contributed by atoms with Crippen LogP contribution in [0.2, 0.25) is 0 Å². The van der Waals surface area contributed by atoms with E-state index in [1.54, 1.807) is 15.9 Å². The van der Waals surface area contributed by atoms with E-state index in [9.17, 15) is 0 Å². The van der Waals surface area contributed by atoms with E-state index in [1.165, 1.54) is 38.9 Å². The van der Waals surface area contributed by atoms with Crippen molar-refractivity contribution in [1.82, 2.24) is 0 Å². The molecule has 0 aliphatic carbocycles. The summed E-state index contributed by atoms with van der Waals surface area (Å²) in [5, 5.41) is 0. The third kappa shape index (κ3) is 6.19. The van der Waals surface area contributed by atoms with E-state index in [0.29, 0.717) is 0 Å². The van der Waals surface area contributed by atoms with Gasteiger partial charge in [0.1, 0.15) is 0 Å². The second-order valence-corrected chi connectivity index (χ2v) is 18.4. The average Bonchev–Trinajstić information content (AvgIpc) is 2.74. The molecule has 0 atom stereocenters. The molecule has 0 radical (unpaired) electrons. The Bertz CT molecular complexity index is 1150. The van der Waals surface area contributed by atoms with Gasteiger partial charge in [-0.15, -0.1) is 0 Å². The molecule has 1 nitrogen and oxygen atoms in total. The molecule has 0 saturated heterocycles. The van der Waals surface area contributed by atoms with Gasteiger partial charge in [0.25, 0.3) is 0 Å². The Hall–Kier alpha value is -2.52. The first-order valence-electron chi connectivity index (χ1n) is 12.6. The van der Waals surface area contributed by atoms with Crippen LogP contribution in [0, 0.1) is 47.0 Å². The van der Waals surface area contributed by atoms with Crippen LogP contribution in [-0.2, 0) is 0 Å². The minimum atomic E-state index is -3.20. The number of methoxy groups -OCH3 is 1. The van der Waals surface area contributed by atoms with E-state index < -0.39 is 13.3 Å². The van der Waals surface area contributed by atoms with E-state index >= 15 is 0 Å². The van der Waals surface area contributed by atoms with Crippen molar-refractivity contribution in [2.75, 3.05) is 7.11 Å². The fraction of sp³-hybridized carbons (Fsp3) is 0.333. The molecule has 0 aliphatic heterocycles. The van der Waals surface area contributed by atoms with Crippen molar-refractivity contribution >= 4 is 28.1 Å². The number of hydrogen-bond donors (Lipinski definition) is 0. The number of aryl methyl sites for hydroxylation is 6. The van der Waals surface area contributed by atoms with Gasteiger partial charge in [0.2, 0.25) is 0 Å². The summed E-state index contributed by atoms with van der Waals surface area (Å²) in [6.07, 6.45) is 4.81. The molecule has 0 unspecified atom stereocenters. The Labute approximate surface area is 216 Å². The van der Waals surface area contributed by atoms with E-state index in [0.717, 1.165) is 5.75 Å². The zero-order valence-corrected chi connectivity index (χ0v) is 25.4. The van der Waals surface area contributed by atoms with Crippen LogP contribution < -0.4 is 13.5 Å². The summed E-state index contributed by atoms with van der Waals surface area (Å²) in [6, 6.07) is 17.9. The Morgan fingerprint density at radius 3 is 1.46 bits per heavy atom. The first kappa shape index (κ1) is 27.1. The normalized spacial score (nSPS) is 12.6. The zero-order chi connectivity index (χ0) is 26.0. The van der Waals surface area contributed by atoms with E-state index in [-0.39, 0.29) is 5.41 Å². The molecular formula is C33H42GeO. The van der Waals surface area contributed by atoms with Gasteiger partial charge >= 0.3 is 217 Å². The Morgan fingerprint density at radius 1 is 0.657 bits per heavy atom. The molecule has 0 N–H and O–H groups in total. The van der Waals surface area contributed by atoms with Crippen molar-refractivity contribution in [1.29, 1.82) is 0 Å². The van der Waals surface area contributed by atoms with Crippen molar-refractivity contribution in [3.05, 3.63) is 103 Å². The van der Waals surface area contributed by atoms with Gasteiger partial charge < -0.3 is 0 Å². The first-order chi connectivity index (χ1) is 16.4. The standard InChI is InChI=1S/C33H42GeO/c1-23-19-25(3)31(26(4)20-23)34(18-16-33(7,8)9,32-27(5)21-24(2)22-28(32)6)17-15-29-11-13-30(35-10)14-12-29/h11-22H,1-10H3/b17-15+,18-16+. The van der Waals surface area contributed by atoms with Crippen LogP contribution in [0.3, 0.4) is 0 Å². The number of benzene rings is 3. The molecule has 3 aromatic carbocycles. The molecule has 0 bridgehead atoms. The molecule has 3 rings (SSSR count). The summed E-state index contributed by atoms with van der Waals surface area (Å²) in [7, 11) is 1.72. The van der Waals surface area contributed by atoms with Crippen molar-refractivity contribution in [3.63, 3.8) is 0 Å². The second kappa shape index (κ2) is 10.6. The molecule has 0 aliphatic rings. The van der Waals surface area contributed by atoms with Crippen molar-refractivity contribution in [2.24, 2.45) is 5.41 Å². The molecule has 3 aromatic rings. The number of rotatable bonds is 6. The quantitative estimate of drug-likeness (QED) is 0.302. The van der Waals surface area contributed by atoms with Gasteiger partial charge in [-0.05, 0) is 0 Å². The third-order valence-electron chi connectivity index (χ3n) is 6.68. The van der Waals surface area contributed by atoms with Crippen molar-refractivity contribution in [2.45, 2.75) is 62.3 Å². The molecule has 2 heteroatoms. The van der Waals surface area contributed by atoms with Crippen molar-refractivity contribution in [3.8, 4) is 5.75 Å². The third-order valence-corrected chi connectivity index (χ3v) is 16.4. The molecule has 0 spiro atoms. The van der Waals surface area contributed by atoms with Gasteiger partial charge in [0, 0.05) is 0 Å². The molecule has 0 fully saturated rings. The molecule has 184 valence electrons. The van der Waals surface area contributed by atoms with Crippen LogP contribution in [0.25, 0.3) is 6.08 Å². The summed E-state index contributed by atoms with van der Waals surface area (Å²) >= 11 is -3.20.